The van der Waals surface area contributed by atoms with Crippen LogP contribution < -0.4 is 15.6 Å². The van der Waals surface area contributed by atoms with Crippen LogP contribution >= 0.6 is 0 Å². The Labute approximate surface area is 149 Å². The first-order valence-electron chi connectivity index (χ1n) is 8.29. The fourth-order valence-electron chi connectivity index (χ4n) is 2.04. The van der Waals surface area contributed by atoms with E-state index in [1.807, 2.05) is 27.7 Å². The van der Waals surface area contributed by atoms with Gasteiger partial charge in [-0.15, -0.1) is 0 Å². The van der Waals surface area contributed by atoms with Crippen molar-refractivity contribution >= 4 is 21.8 Å². The normalized spacial score (nSPS) is 11.6. The van der Waals surface area contributed by atoms with Crippen molar-refractivity contribution in [2.45, 2.75) is 51.3 Å². The average molecular weight is 369 g/mol. The topological polar surface area (TPSA) is 104 Å². The molecule has 0 fully saturated rings. The van der Waals surface area contributed by atoms with Crippen LogP contribution in [0.2, 0.25) is 0 Å². The summed E-state index contributed by atoms with van der Waals surface area (Å²) in [7, 11) is -3.66. The first-order valence-corrected chi connectivity index (χ1v) is 9.77. The average Bonchev–Trinajstić information content (AvgIpc) is 2.52. The second-order valence-corrected chi connectivity index (χ2v) is 8.33. The van der Waals surface area contributed by atoms with Crippen molar-refractivity contribution in [3.8, 4) is 0 Å². The minimum absolute atomic E-state index is 0.0554. The van der Waals surface area contributed by atoms with Crippen LogP contribution in [0, 0.1) is 5.92 Å². The number of hydrazine groups is 1. The van der Waals surface area contributed by atoms with E-state index in [4.69, 9.17) is 0 Å². The number of nitrogens with one attached hydrogen (secondary N) is 3. The van der Waals surface area contributed by atoms with Gasteiger partial charge in [-0.1, -0.05) is 39.8 Å². The van der Waals surface area contributed by atoms with Crippen LogP contribution in [0.25, 0.3) is 0 Å². The third-order valence-corrected chi connectivity index (χ3v) is 4.91. The SMILES string of the molecule is CC(C)CC(=O)NNC(=O)CCNS(=O)(=O)c1ccc(C(C)C)cc1. The van der Waals surface area contributed by atoms with Crippen LogP contribution in [0.3, 0.4) is 0 Å². The highest BCUT2D eigenvalue weighted by Gasteiger charge is 2.14. The molecule has 25 heavy (non-hydrogen) atoms. The maximum absolute atomic E-state index is 12.2. The summed E-state index contributed by atoms with van der Waals surface area (Å²) in [5, 5.41) is 0. The van der Waals surface area contributed by atoms with Gasteiger partial charge in [-0.3, -0.25) is 20.4 Å². The van der Waals surface area contributed by atoms with E-state index in [0.717, 1.165) is 5.56 Å². The summed E-state index contributed by atoms with van der Waals surface area (Å²) in [6.45, 7) is 7.79. The number of sulfonamides is 1. The Kier molecular flexibility index (Phi) is 8.05. The van der Waals surface area contributed by atoms with Crippen molar-refractivity contribution in [3.05, 3.63) is 29.8 Å². The van der Waals surface area contributed by atoms with E-state index < -0.39 is 15.9 Å². The molecular weight excluding hydrogens is 342 g/mol. The molecule has 3 N–H and O–H groups in total. The summed E-state index contributed by atoms with van der Waals surface area (Å²) in [4.78, 5) is 23.2. The Hall–Kier alpha value is -1.93. The zero-order valence-electron chi connectivity index (χ0n) is 15.1. The Bertz CT molecular complexity index is 682. The maximum Gasteiger partial charge on any atom is 0.240 e. The standard InChI is InChI=1S/C17H27N3O4S/c1-12(2)11-17(22)20-19-16(21)9-10-18-25(23,24)15-7-5-14(6-8-15)13(3)4/h5-8,12-13,18H,9-11H2,1-4H3,(H,19,21)(H,20,22). The van der Waals surface area contributed by atoms with Gasteiger partial charge in [0.15, 0.2) is 0 Å². The van der Waals surface area contributed by atoms with Crippen molar-refractivity contribution in [1.29, 1.82) is 0 Å². The number of benzene rings is 1. The van der Waals surface area contributed by atoms with Crippen molar-refractivity contribution in [3.63, 3.8) is 0 Å². The van der Waals surface area contributed by atoms with E-state index in [2.05, 4.69) is 15.6 Å². The quantitative estimate of drug-likeness (QED) is 0.606. The molecule has 1 aromatic rings. The Morgan fingerprint density at radius 2 is 1.52 bits per heavy atom. The molecular formula is C17H27N3O4S. The lowest BCUT2D eigenvalue weighted by molar-refractivity contribution is -0.129. The smallest absolute Gasteiger partial charge is 0.240 e. The first-order chi connectivity index (χ1) is 11.6. The van der Waals surface area contributed by atoms with E-state index in [-0.39, 0.29) is 29.7 Å². The Balaban J connectivity index is 2.43. The number of rotatable bonds is 8. The van der Waals surface area contributed by atoms with Gasteiger partial charge in [0.2, 0.25) is 21.8 Å². The summed E-state index contributed by atoms with van der Waals surface area (Å²) < 4.78 is 26.7. The predicted octanol–water partition coefficient (Wildman–Crippen LogP) is 1.67. The van der Waals surface area contributed by atoms with Crippen molar-refractivity contribution in [2.24, 2.45) is 5.92 Å². The number of hydrogen-bond acceptors (Lipinski definition) is 4. The predicted molar refractivity (Wildman–Crippen MR) is 96.1 cm³/mol. The van der Waals surface area contributed by atoms with Crippen LogP contribution in [-0.4, -0.2) is 26.8 Å². The highest BCUT2D eigenvalue weighted by molar-refractivity contribution is 7.89. The zero-order chi connectivity index (χ0) is 19.0. The molecule has 0 aliphatic rings. The van der Waals surface area contributed by atoms with Gasteiger partial charge >= 0.3 is 0 Å². The molecule has 8 heteroatoms. The van der Waals surface area contributed by atoms with Gasteiger partial charge in [-0.25, -0.2) is 13.1 Å². The summed E-state index contributed by atoms with van der Waals surface area (Å²) in [6.07, 6.45) is 0.227. The number of amides is 2. The van der Waals surface area contributed by atoms with E-state index in [0.29, 0.717) is 12.3 Å². The third-order valence-electron chi connectivity index (χ3n) is 3.44. The fourth-order valence-corrected chi connectivity index (χ4v) is 3.07. The van der Waals surface area contributed by atoms with E-state index in [9.17, 15) is 18.0 Å². The maximum atomic E-state index is 12.2. The molecule has 1 aromatic carbocycles. The summed E-state index contributed by atoms with van der Waals surface area (Å²) >= 11 is 0. The molecule has 2 amide bonds. The van der Waals surface area contributed by atoms with E-state index >= 15 is 0 Å². The molecule has 0 heterocycles. The summed E-state index contributed by atoms with van der Waals surface area (Å²) in [5.41, 5.74) is 5.61. The number of carbonyl (C=O) groups is 2. The van der Waals surface area contributed by atoms with Gasteiger partial charge in [0, 0.05) is 19.4 Å². The molecule has 0 aliphatic carbocycles. The Morgan fingerprint density at radius 3 is 2.04 bits per heavy atom. The lowest BCUT2D eigenvalue weighted by Gasteiger charge is -2.10. The molecule has 0 bridgehead atoms. The summed E-state index contributed by atoms with van der Waals surface area (Å²) in [5.74, 6) is -0.241. The van der Waals surface area contributed by atoms with E-state index in [1.165, 1.54) is 0 Å². The van der Waals surface area contributed by atoms with Gasteiger partial charge in [-0.2, -0.15) is 0 Å². The van der Waals surface area contributed by atoms with Crippen molar-refractivity contribution in [2.75, 3.05) is 6.54 Å². The Morgan fingerprint density at radius 1 is 0.960 bits per heavy atom. The molecule has 0 aromatic heterocycles. The lowest BCUT2D eigenvalue weighted by atomic mass is 10.0. The van der Waals surface area contributed by atoms with E-state index in [1.54, 1.807) is 24.3 Å². The van der Waals surface area contributed by atoms with Crippen LogP contribution in [0.4, 0.5) is 0 Å². The van der Waals surface area contributed by atoms with Gasteiger partial charge in [-0.05, 0) is 29.5 Å². The number of carbonyl (C=O) groups excluding carboxylic acids is 2. The van der Waals surface area contributed by atoms with Crippen LogP contribution in [-0.2, 0) is 19.6 Å². The van der Waals surface area contributed by atoms with Gasteiger partial charge in [0.1, 0.15) is 0 Å². The van der Waals surface area contributed by atoms with Crippen LogP contribution in [0.15, 0.2) is 29.2 Å². The zero-order valence-corrected chi connectivity index (χ0v) is 15.9. The molecule has 0 saturated heterocycles. The molecule has 0 unspecified atom stereocenters. The van der Waals surface area contributed by atoms with Crippen molar-refractivity contribution in [1.82, 2.24) is 15.6 Å². The van der Waals surface area contributed by atoms with Gasteiger partial charge in [0.05, 0.1) is 4.90 Å². The first kappa shape index (κ1) is 21.1. The molecule has 1 rings (SSSR count). The molecule has 0 spiro atoms. The third kappa shape index (κ3) is 7.66. The lowest BCUT2D eigenvalue weighted by Crippen LogP contribution is -2.43. The monoisotopic (exact) mass is 369 g/mol. The van der Waals surface area contributed by atoms with Gasteiger partial charge in [0.25, 0.3) is 0 Å². The molecule has 0 aliphatic heterocycles. The minimum Gasteiger partial charge on any atom is -0.273 e. The molecule has 0 saturated carbocycles. The minimum atomic E-state index is -3.66. The fraction of sp³-hybridized carbons (Fsp3) is 0.529. The second-order valence-electron chi connectivity index (χ2n) is 6.57. The summed E-state index contributed by atoms with van der Waals surface area (Å²) in [6, 6.07) is 6.64. The van der Waals surface area contributed by atoms with Gasteiger partial charge < -0.3 is 0 Å². The highest BCUT2D eigenvalue weighted by Crippen LogP contribution is 2.17. The molecule has 7 nitrogen and oxygen atoms in total. The molecule has 0 radical (unpaired) electrons. The van der Waals surface area contributed by atoms with Crippen molar-refractivity contribution < 1.29 is 18.0 Å². The number of hydrogen-bond donors (Lipinski definition) is 3. The molecule has 0 atom stereocenters. The molecule has 140 valence electrons. The largest absolute Gasteiger partial charge is 0.273 e. The highest BCUT2D eigenvalue weighted by atomic mass is 32.2. The van der Waals surface area contributed by atoms with Crippen LogP contribution in [0.5, 0.6) is 0 Å². The van der Waals surface area contributed by atoms with Crippen LogP contribution in [0.1, 0.15) is 52.0 Å². The second kappa shape index (κ2) is 9.53.